The Hall–Kier alpha value is -1.58. The third kappa shape index (κ3) is 2.51. The second-order valence-corrected chi connectivity index (χ2v) is 4.79. The average molecular weight is 223 g/mol. The van der Waals surface area contributed by atoms with E-state index in [1.807, 2.05) is 6.92 Å². The van der Waals surface area contributed by atoms with Crippen molar-refractivity contribution >= 4 is 12.4 Å². The molecule has 0 atom stereocenters. The van der Waals surface area contributed by atoms with Crippen molar-refractivity contribution in [2.24, 2.45) is 0 Å². The molecule has 0 spiro atoms. The van der Waals surface area contributed by atoms with Crippen molar-refractivity contribution in [2.75, 3.05) is 0 Å². The Balaban J connectivity index is 3.09. The zero-order valence-electron chi connectivity index (χ0n) is 10.3. The summed E-state index contributed by atoms with van der Waals surface area (Å²) in [6.45, 7) is 9.02. The van der Waals surface area contributed by atoms with Crippen molar-refractivity contribution in [2.45, 2.75) is 40.2 Å². The quantitative estimate of drug-likeness (QED) is 0.688. The summed E-state index contributed by atoms with van der Waals surface area (Å²) < 4.78 is 6.45. The van der Waals surface area contributed by atoms with E-state index in [4.69, 9.17) is 4.74 Å². The molecule has 1 heterocycles. The number of carbonyl (C=O) groups excluding carboxylic acids is 2. The van der Waals surface area contributed by atoms with Crippen LogP contribution in [0.4, 0.5) is 4.79 Å². The van der Waals surface area contributed by atoms with Crippen LogP contribution < -0.4 is 0 Å². The molecule has 0 aliphatic heterocycles. The molecule has 1 aromatic rings. The molecule has 88 valence electrons. The number of hydrogen-bond acceptors (Lipinski definition) is 3. The van der Waals surface area contributed by atoms with Crippen LogP contribution in [0, 0.1) is 13.8 Å². The number of ether oxygens (including phenoxy) is 1. The average Bonchev–Trinajstić information content (AvgIpc) is 2.40. The molecule has 0 N–H and O–H groups in total. The predicted molar refractivity (Wildman–Crippen MR) is 60.9 cm³/mol. The molecule has 4 nitrogen and oxygen atoms in total. The Kier molecular flexibility index (Phi) is 3.21. The van der Waals surface area contributed by atoms with Crippen molar-refractivity contribution in [1.29, 1.82) is 0 Å². The van der Waals surface area contributed by atoms with Crippen LogP contribution in [0.1, 0.15) is 42.4 Å². The van der Waals surface area contributed by atoms with E-state index in [-0.39, 0.29) is 0 Å². The number of carbonyl (C=O) groups is 2. The summed E-state index contributed by atoms with van der Waals surface area (Å²) in [6.07, 6.45) is 1.77. The summed E-state index contributed by atoms with van der Waals surface area (Å²) in [5, 5.41) is 0. The zero-order chi connectivity index (χ0) is 12.5. The predicted octanol–water partition coefficient (Wildman–Crippen LogP) is 2.70. The number of nitrogens with zero attached hydrogens (tertiary/aromatic N) is 1. The first-order valence-corrected chi connectivity index (χ1v) is 5.13. The molecule has 16 heavy (non-hydrogen) atoms. The lowest BCUT2D eigenvalue weighted by molar-refractivity contribution is 0.0531. The number of aldehydes is 1. The standard InChI is InChI=1S/C12H17NO3/c1-8-6-13(10(7-14)9(8)2)11(15)16-12(3,4)5/h6-7H,1-5H3. The van der Waals surface area contributed by atoms with Crippen molar-refractivity contribution < 1.29 is 14.3 Å². The second-order valence-electron chi connectivity index (χ2n) is 4.79. The Labute approximate surface area is 95.2 Å². The van der Waals surface area contributed by atoms with Gasteiger partial charge in [0.15, 0.2) is 6.29 Å². The molecule has 0 aliphatic carbocycles. The van der Waals surface area contributed by atoms with Gasteiger partial charge in [0.2, 0.25) is 0 Å². The topological polar surface area (TPSA) is 48.3 Å². The molecule has 0 fully saturated rings. The Morgan fingerprint density at radius 3 is 2.38 bits per heavy atom. The highest BCUT2D eigenvalue weighted by Gasteiger charge is 2.21. The lowest BCUT2D eigenvalue weighted by atomic mass is 10.2. The van der Waals surface area contributed by atoms with Crippen LogP contribution in [0.25, 0.3) is 0 Å². The molecule has 0 unspecified atom stereocenters. The van der Waals surface area contributed by atoms with Crippen molar-refractivity contribution in [3.63, 3.8) is 0 Å². The highest BCUT2D eigenvalue weighted by Crippen LogP contribution is 2.16. The van der Waals surface area contributed by atoms with Crippen LogP contribution in [0.3, 0.4) is 0 Å². The summed E-state index contributed by atoms with van der Waals surface area (Å²) in [7, 11) is 0. The molecule has 0 saturated carbocycles. The van der Waals surface area contributed by atoms with Gasteiger partial charge in [-0.1, -0.05) is 0 Å². The van der Waals surface area contributed by atoms with Gasteiger partial charge in [-0.3, -0.25) is 4.79 Å². The minimum absolute atomic E-state index is 0.353. The molecule has 0 bridgehead atoms. The van der Waals surface area contributed by atoms with Gasteiger partial charge in [0, 0.05) is 6.20 Å². The highest BCUT2D eigenvalue weighted by atomic mass is 16.6. The number of rotatable bonds is 1. The van der Waals surface area contributed by atoms with Crippen molar-refractivity contribution in [3.8, 4) is 0 Å². The summed E-state index contributed by atoms with van der Waals surface area (Å²) in [4.78, 5) is 22.7. The van der Waals surface area contributed by atoms with Gasteiger partial charge in [-0.2, -0.15) is 0 Å². The highest BCUT2D eigenvalue weighted by molar-refractivity contribution is 5.84. The maximum Gasteiger partial charge on any atom is 0.419 e. The fourth-order valence-electron chi connectivity index (χ4n) is 1.35. The second kappa shape index (κ2) is 4.12. The van der Waals surface area contributed by atoms with Crippen molar-refractivity contribution in [3.05, 3.63) is 23.0 Å². The van der Waals surface area contributed by atoms with E-state index >= 15 is 0 Å². The first-order chi connectivity index (χ1) is 7.26. The molecule has 1 aromatic heterocycles. The molecular weight excluding hydrogens is 206 g/mol. The van der Waals surface area contributed by atoms with Gasteiger partial charge >= 0.3 is 6.09 Å². The van der Waals surface area contributed by atoms with E-state index in [2.05, 4.69) is 0 Å². The van der Waals surface area contributed by atoms with Crippen LogP contribution >= 0.6 is 0 Å². The van der Waals surface area contributed by atoms with Crippen LogP contribution in [0.2, 0.25) is 0 Å². The molecule has 0 aliphatic rings. The summed E-state index contributed by atoms with van der Waals surface area (Å²) >= 11 is 0. The number of aromatic nitrogens is 1. The first-order valence-electron chi connectivity index (χ1n) is 5.13. The molecule has 4 heteroatoms. The van der Waals surface area contributed by atoms with E-state index in [1.165, 1.54) is 4.57 Å². The summed E-state index contributed by atoms with van der Waals surface area (Å²) in [5.74, 6) is 0. The third-order valence-corrected chi connectivity index (χ3v) is 2.26. The van der Waals surface area contributed by atoms with Gasteiger partial charge in [0.25, 0.3) is 0 Å². The minimum atomic E-state index is -0.566. The van der Waals surface area contributed by atoms with Crippen LogP contribution in [-0.2, 0) is 4.74 Å². The molecule has 0 amide bonds. The van der Waals surface area contributed by atoms with Crippen molar-refractivity contribution in [1.82, 2.24) is 4.57 Å². The largest absolute Gasteiger partial charge is 0.443 e. The molecule has 0 aromatic carbocycles. The van der Waals surface area contributed by atoms with E-state index in [9.17, 15) is 9.59 Å². The third-order valence-electron chi connectivity index (χ3n) is 2.26. The lowest BCUT2D eigenvalue weighted by Gasteiger charge is -2.19. The lowest BCUT2D eigenvalue weighted by Crippen LogP contribution is -2.27. The first kappa shape index (κ1) is 12.5. The Bertz CT molecular complexity index is 424. The monoisotopic (exact) mass is 223 g/mol. The van der Waals surface area contributed by atoms with E-state index in [0.29, 0.717) is 12.0 Å². The number of hydrogen-bond donors (Lipinski definition) is 0. The van der Waals surface area contributed by atoms with Crippen LogP contribution in [-0.4, -0.2) is 22.5 Å². The minimum Gasteiger partial charge on any atom is -0.443 e. The molecule has 0 saturated heterocycles. The molecule has 0 radical (unpaired) electrons. The van der Waals surface area contributed by atoms with E-state index in [0.717, 1.165) is 11.1 Å². The van der Waals surface area contributed by atoms with Gasteiger partial charge in [-0.15, -0.1) is 0 Å². The number of aryl methyl sites for hydroxylation is 1. The maximum atomic E-state index is 11.8. The van der Waals surface area contributed by atoms with Crippen LogP contribution in [0.5, 0.6) is 0 Å². The van der Waals surface area contributed by atoms with Gasteiger partial charge in [-0.25, -0.2) is 9.36 Å². The zero-order valence-corrected chi connectivity index (χ0v) is 10.3. The normalized spacial score (nSPS) is 11.3. The molecular formula is C12H17NO3. The van der Waals surface area contributed by atoms with Gasteiger partial charge in [0.05, 0.1) is 5.69 Å². The molecule has 1 rings (SSSR count). The maximum absolute atomic E-state index is 11.8. The van der Waals surface area contributed by atoms with Crippen LogP contribution in [0.15, 0.2) is 6.20 Å². The summed E-state index contributed by atoms with van der Waals surface area (Å²) in [5.41, 5.74) is 1.49. The fourth-order valence-corrected chi connectivity index (χ4v) is 1.35. The fraction of sp³-hybridized carbons (Fsp3) is 0.500. The van der Waals surface area contributed by atoms with Gasteiger partial charge in [0.1, 0.15) is 5.60 Å². The van der Waals surface area contributed by atoms with E-state index < -0.39 is 11.7 Å². The van der Waals surface area contributed by atoms with E-state index in [1.54, 1.807) is 33.9 Å². The SMILES string of the molecule is Cc1cn(C(=O)OC(C)(C)C)c(C=O)c1C. The smallest absolute Gasteiger partial charge is 0.419 e. The van der Waals surface area contributed by atoms with Gasteiger partial charge < -0.3 is 4.74 Å². The Morgan fingerprint density at radius 1 is 1.38 bits per heavy atom. The Morgan fingerprint density at radius 2 is 1.94 bits per heavy atom. The summed E-state index contributed by atoms with van der Waals surface area (Å²) in [6, 6.07) is 0. The van der Waals surface area contributed by atoms with Gasteiger partial charge in [-0.05, 0) is 45.7 Å².